The van der Waals surface area contributed by atoms with Crippen molar-refractivity contribution in [1.29, 1.82) is 0 Å². The molecule has 0 radical (unpaired) electrons. The third-order valence-electron chi connectivity index (χ3n) is 3.01. The van der Waals surface area contributed by atoms with E-state index in [0.29, 0.717) is 12.8 Å². The standard InChI is InChI=1S/C11H15N3O3/c15-10(7-14-5-1-4-12-14)13-9-3-2-8(6-9)11(16)17/h1,4-5,8-9H,2-3,6-7H2,(H,13,15)(H,16,17). The second-order valence-electron chi connectivity index (χ2n) is 4.32. The van der Waals surface area contributed by atoms with E-state index >= 15 is 0 Å². The van der Waals surface area contributed by atoms with Gasteiger partial charge in [-0.25, -0.2) is 0 Å². The molecule has 2 atom stereocenters. The van der Waals surface area contributed by atoms with Crippen LogP contribution in [0, 0.1) is 5.92 Å². The smallest absolute Gasteiger partial charge is 0.306 e. The van der Waals surface area contributed by atoms with Gasteiger partial charge in [-0.2, -0.15) is 5.10 Å². The summed E-state index contributed by atoms with van der Waals surface area (Å²) in [5, 5.41) is 15.6. The minimum absolute atomic E-state index is 0.0147. The Hall–Kier alpha value is -1.85. The molecule has 2 unspecified atom stereocenters. The summed E-state index contributed by atoms with van der Waals surface area (Å²) in [4.78, 5) is 22.4. The average molecular weight is 237 g/mol. The topological polar surface area (TPSA) is 84.2 Å². The monoisotopic (exact) mass is 237 g/mol. The van der Waals surface area contributed by atoms with Crippen LogP contribution < -0.4 is 5.32 Å². The van der Waals surface area contributed by atoms with E-state index in [4.69, 9.17) is 5.11 Å². The van der Waals surface area contributed by atoms with Gasteiger partial charge in [-0.3, -0.25) is 14.3 Å². The predicted octanol–water partition coefficient (Wildman–Crippen LogP) is 0.253. The number of carboxylic acid groups (broad SMARTS) is 1. The van der Waals surface area contributed by atoms with Crippen LogP contribution >= 0.6 is 0 Å². The highest BCUT2D eigenvalue weighted by molar-refractivity contribution is 5.76. The molecule has 0 bridgehead atoms. The summed E-state index contributed by atoms with van der Waals surface area (Å²) in [6, 6.07) is 1.74. The molecule has 2 N–H and O–H groups in total. The number of aromatic nitrogens is 2. The first-order valence-electron chi connectivity index (χ1n) is 5.65. The fourth-order valence-electron chi connectivity index (χ4n) is 2.15. The summed E-state index contributed by atoms with van der Waals surface area (Å²) in [5.41, 5.74) is 0. The van der Waals surface area contributed by atoms with Gasteiger partial charge in [0.05, 0.1) is 5.92 Å². The Labute approximate surface area is 98.6 Å². The Morgan fingerprint density at radius 3 is 2.88 bits per heavy atom. The van der Waals surface area contributed by atoms with Crippen molar-refractivity contribution in [3.63, 3.8) is 0 Å². The Balaban J connectivity index is 1.78. The van der Waals surface area contributed by atoms with Crippen molar-refractivity contribution in [1.82, 2.24) is 15.1 Å². The molecular weight excluding hydrogens is 222 g/mol. The van der Waals surface area contributed by atoms with Gasteiger partial charge in [0.2, 0.25) is 5.91 Å². The highest BCUT2D eigenvalue weighted by Crippen LogP contribution is 2.25. The maximum Gasteiger partial charge on any atom is 0.306 e. The number of amides is 1. The van der Waals surface area contributed by atoms with Gasteiger partial charge in [-0.15, -0.1) is 0 Å². The molecule has 92 valence electrons. The molecule has 1 heterocycles. The summed E-state index contributed by atoms with van der Waals surface area (Å²) < 4.78 is 1.54. The molecule has 0 aliphatic heterocycles. The van der Waals surface area contributed by atoms with Crippen molar-refractivity contribution in [3.05, 3.63) is 18.5 Å². The van der Waals surface area contributed by atoms with Gasteiger partial charge in [0.1, 0.15) is 6.54 Å². The van der Waals surface area contributed by atoms with E-state index in [1.165, 1.54) is 0 Å². The van der Waals surface area contributed by atoms with Gasteiger partial charge < -0.3 is 10.4 Å². The number of nitrogens with zero attached hydrogens (tertiary/aromatic N) is 2. The fraction of sp³-hybridized carbons (Fsp3) is 0.545. The molecule has 2 rings (SSSR count). The van der Waals surface area contributed by atoms with E-state index in [1.807, 2.05) is 0 Å². The Bertz CT molecular complexity index is 402. The van der Waals surface area contributed by atoms with Gasteiger partial charge in [0.25, 0.3) is 0 Å². The Morgan fingerprint density at radius 2 is 2.29 bits per heavy atom. The Morgan fingerprint density at radius 1 is 1.47 bits per heavy atom. The van der Waals surface area contributed by atoms with Crippen LogP contribution in [0.3, 0.4) is 0 Å². The van der Waals surface area contributed by atoms with Gasteiger partial charge >= 0.3 is 5.97 Å². The zero-order chi connectivity index (χ0) is 12.3. The number of carbonyl (C=O) groups is 2. The molecule has 0 aromatic carbocycles. The van der Waals surface area contributed by atoms with Crippen molar-refractivity contribution in [3.8, 4) is 0 Å². The maximum absolute atomic E-state index is 11.6. The van der Waals surface area contributed by atoms with Crippen LogP contribution in [0.2, 0.25) is 0 Å². The van der Waals surface area contributed by atoms with E-state index in [0.717, 1.165) is 6.42 Å². The molecule has 1 aromatic rings. The molecule has 1 aromatic heterocycles. The van der Waals surface area contributed by atoms with E-state index in [2.05, 4.69) is 10.4 Å². The van der Waals surface area contributed by atoms with Gasteiger partial charge in [0, 0.05) is 18.4 Å². The summed E-state index contributed by atoms with van der Waals surface area (Å²) >= 11 is 0. The minimum atomic E-state index is -0.770. The van der Waals surface area contributed by atoms with Crippen LogP contribution in [0.25, 0.3) is 0 Å². The zero-order valence-corrected chi connectivity index (χ0v) is 9.37. The molecule has 0 saturated heterocycles. The summed E-state index contributed by atoms with van der Waals surface area (Å²) in [5.74, 6) is -1.21. The fourth-order valence-corrected chi connectivity index (χ4v) is 2.15. The largest absolute Gasteiger partial charge is 0.481 e. The number of carbonyl (C=O) groups excluding carboxylic acids is 1. The number of aliphatic carboxylic acids is 1. The first-order chi connectivity index (χ1) is 8.15. The average Bonchev–Trinajstić information content (AvgIpc) is 2.88. The molecule has 1 saturated carbocycles. The molecule has 6 heteroatoms. The molecule has 1 aliphatic rings. The second-order valence-corrected chi connectivity index (χ2v) is 4.32. The van der Waals surface area contributed by atoms with Crippen molar-refractivity contribution >= 4 is 11.9 Å². The third-order valence-corrected chi connectivity index (χ3v) is 3.01. The highest BCUT2D eigenvalue weighted by Gasteiger charge is 2.30. The molecule has 6 nitrogen and oxygen atoms in total. The molecule has 17 heavy (non-hydrogen) atoms. The van der Waals surface area contributed by atoms with Crippen molar-refractivity contribution in [2.75, 3.05) is 0 Å². The summed E-state index contributed by atoms with van der Waals surface area (Å²) in [6.07, 6.45) is 5.24. The predicted molar refractivity (Wildman–Crippen MR) is 59.1 cm³/mol. The Kier molecular flexibility index (Phi) is 3.41. The number of hydrogen-bond acceptors (Lipinski definition) is 3. The van der Waals surface area contributed by atoms with E-state index in [-0.39, 0.29) is 24.4 Å². The first-order valence-corrected chi connectivity index (χ1v) is 5.65. The van der Waals surface area contributed by atoms with Crippen LogP contribution in [-0.4, -0.2) is 32.8 Å². The van der Waals surface area contributed by atoms with E-state index in [9.17, 15) is 9.59 Å². The van der Waals surface area contributed by atoms with E-state index in [1.54, 1.807) is 23.1 Å². The van der Waals surface area contributed by atoms with E-state index < -0.39 is 5.97 Å². The molecule has 1 fully saturated rings. The normalized spacial score (nSPS) is 23.5. The number of rotatable bonds is 4. The van der Waals surface area contributed by atoms with Crippen molar-refractivity contribution in [2.45, 2.75) is 31.8 Å². The third kappa shape index (κ3) is 3.05. The highest BCUT2D eigenvalue weighted by atomic mass is 16.4. The number of hydrogen-bond donors (Lipinski definition) is 2. The lowest BCUT2D eigenvalue weighted by molar-refractivity contribution is -0.141. The van der Waals surface area contributed by atoms with Crippen LogP contribution in [0.4, 0.5) is 0 Å². The van der Waals surface area contributed by atoms with Gasteiger partial charge in [-0.05, 0) is 25.3 Å². The lowest BCUT2D eigenvalue weighted by Gasteiger charge is -2.12. The maximum atomic E-state index is 11.6. The van der Waals surface area contributed by atoms with Crippen molar-refractivity contribution < 1.29 is 14.7 Å². The van der Waals surface area contributed by atoms with Crippen LogP contribution in [0.5, 0.6) is 0 Å². The summed E-state index contributed by atoms with van der Waals surface area (Å²) in [6.45, 7) is 0.182. The lowest BCUT2D eigenvalue weighted by Crippen LogP contribution is -2.35. The first kappa shape index (κ1) is 11.6. The minimum Gasteiger partial charge on any atom is -0.481 e. The second kappa shape index (κ2) is 4.99. The van der Waals surface area contributed by atoms with Crippen molar-refractivity contribution in [2.24, 2.45) is 5.92 Å². The van der Waals surface area contributed by atoms with Crippen LogP contribution in [0.15, 0.2) is 18.5 Å². The number of nitrogens with one attached hydrogen (secondary N) is 1. The summed E-state index contributed by atoms with van der Waals surface area (Å²) in [7, 11) is 0. The number of carboxylic acids is 1. The van der Waals surface area contributed by atoms with Crippen LogP contribution in [0.1, 0.15) is 19.3 Å². The molecule has 0 spiro atoms. The van der Waals surface area contributed by atoms with Gasteiger partial charge in [0.15, 0.2) is 0 Å². The molecular formula is C11H15N3O3. The molecule has 1 amide bonds. The SMILES string of the molecule is O=C(Cn1cccn1)NC1CCC(C(=O)O)C1. The zero-order valence-electron chi connectivity index (χ0n) is 9.37. The van der Waals surface area contributed by atoms with Crippen LogP contribution in [-0.2, 0) is 16.1 Å². The van der Waals surface area contributed by atoms with Gasteiger partial charge in [-0.1, -0.05) is 0 Å². The molecule has 1 aliphatic carbocycles. The lowest BCUT2D eigenvalue weighted by atomic mass is 10.1. The quantitative estimate of drug-likeness (QED) is 0.786.